The van der Waals surface area contributed by atoms with Crippen molar-refractivity contribution in [2.24, 2.45) is 5.92 Å². The summed E-state index contributed by atoms with van der Waals surface area (Å²) in [6.07, 6.45) is 2.72. The standard InChI is InChI=1S/C12H18ClN3/c1-9(2)16(8-10-3-4-10)12-6-5-11(7-13)14-15-12/h5-6,9-10H,3-4,7-8H2,1-2H3. The summed E-state index contributed by atoms with van der Waals surface area (Å²) in [7, 11) is 0. The lowest BCUT2D eigenvalue weighted by Gasteiger charge is -2.27. The Labute approximate surface area is 102 Å². The molecule has 0 bridgehead atoms. The summed E-state index contributed by atoms with van der Waals surface area (Å²) in [6.45, 7) is 5.49. The fourth-order valence-corrected chi connectivity index (χ4v) is 1.87. The van der Waals surface area contributed by atoms with E-state index >= 15 is 0 Å². The van der Waals surface area contributed by atoms with Gasteiger partial charge in [-0.1, -0.05) is 0 Å². The highest BCUT2D eigenvalue weighted by Gasteiger charge is 2.26. The fourth-order valence-electron chi connectivity index (χ4n) is 1.72. The minimum absolute atomic E-state index is 0.428. The molecule has 1 aliphatic carbocycles. The van der Waals surface area contributed by atoms with Gasteiger partial charge in [-0.3, -0.25) is 0 Å². The molecule has 1 aromatic rings. The number of aromatic nitrogens is 2. The van der Waals surface area contributed by atoms with Crippen LogP contribution in [0.2, 0.25) is 0 Å². The molecule has 2 rings (SSSR count). The van der Waals surface area contributed by atoms with Gasteiger partial charge in [0.05, 0.1) is 11.6 Å². The first-order chi connectivity index (χ1) is 7.70. The molecule has 1 fully saturated rings. The van der Waals surface area contributed by atoms with E-state index in [0.29, 0.717) is 11.9 Å². The van der Waals surface area contributed by atoms with Gasteiger partial charge in [-0.2, -0.15) is 5.10 Å². The van der Waals surface area contributed by atoms with Crippen molar-refractivity contribution in [1.82, 2.24) is 10.2 Å². The number of halogens is 1. The average molecular weight is 240 g/mol. The largest absolute Gasteiger partial charge is 0.352 e. The summed E-state index contributed by atoms with van der Waals surface area (Å²) in [5.41, 5.74) is 0.834. The van der Waals surface area contributed by atoms with E-state index in [1.165, 1.54) is 12.8 Å². The first-order valence-corrected chi connectivity index (χ1v) is 6.39. The number of hydrogen-bond acceptors (Lipinski definition) is 3. The van der Waals surface area contributed by atoms with Crippen molar-refractivity contribution in [3.05, 3.63) is 17.8 Å². The summed E-state index contributed by atoms with van der Waals surface area (Å²) in [5, 5.41) is 8.35. The number of hydrogen-bond donors (Lipinski definition) is 0. The molecule has 0 N–H and O–H groups in total. The number of rotatable bonds is 5. The molecule has 0 amide bonds. The number of nitrogens with zero attached hydrogens (tertiary/aromatic N) is 3. The average Bonchev–Trinajstić information content (AvgIpc) is 3.09. The zero-order valence-electron chi connectivity index (χ0n) is 9.86. The van der Waals surface area contributed by atoms with E-state index in [-0.39, 0.29) is 0 Å². The normalized spacial score (nSPS) is 15.5. The van der Waals surface area contributed by atoms with Gasteiger partial charge >= 0.3 is 0 Å². The van der Waals surface area contributed by atoms with Gasteiger partial charge in [0.1, 0.15) is 0 Å². The van der Waals surface area contributed by atoms with E-state index in [1.807, 2.05) is 12.1 Å². The van der Waals surface area contributed by atoms with E-state index < -0.39 is 0 Å². The van der Waals surface area contributed by atoms with E-state index in [0.717, 1.165) is 24.0 Å². The van der Waals surface area contributed by atoms with Gasteiger partial charge < -0.3 is 4.90 Å². The Morgan fingerprint density at radius 1 is 1.38 bits per heavy atom. The van der Waals surface area contributed by atoms with Crippen LogP contribution < -0.4 is 4.90 Å². The molecule has 1 aliphatic rings. The Hall–Kier alpha value is -0.830. The third kappa shape index (κ3) is 2.85. The van der Waals surface area contributed by atoms with Gasteiger partial charge in [0.15, 0.2) is 5.82 Å². The first-order valence-electron chi connectivity index (χ1n) is 5.86. The maximum atomic E-state index is 5.70. The van der Waals surface area contributed by atoms with Crippen LogP contribution in [0.15, 0.2) is 12.1 Å². The van der Waals surface area contributed by atoms with Crippen LogP contribution in [0.1, 0.15) is 32.4 Å². The highest BCUT2D eigenvalue weighted by molar-refractivity contribution is 6.16. The van der Waals surface area contributed by atoms with Crippen LogP contribution in [-0.4, -0.2) is 22.8 Å². The fraction of sp³-hybridized carbons (Fsp3) is 0.667. The van der Waals surface area contributed by atoms with Crippen molar-refractivity contribution in [2.45, 2.75) is 38.6 Å². The maximum absolute atomic E-state index is 5.70. The molecule has 1 aromatic heterocycles. The Kier molecular flexibility index (Phi) is 3.64. The second-order valence-corrected chi connectivity index (χ2v) is 4.97. The SMILES string of the molecule is CC(C)N(CC1CC1)c1ccc(CCl)nn1. The van der Waals surface area contributed by atoms with Crippen molar-refractivity contribution in [3.63, 3.8) is 0 Å². The third-order valence-corrected chi connectivity index (χ3v) is 3.19. The Bertz CT molecular complexity index is 333. The molecule has 0 spiro atoms. The molecule has 3 nitrogen and oxygen atoms in total. The lowest BCUT2D eigenvalue weighted by Crippen LogP contribution is -2.33. The molecule has 0 radical (unpaired) electrons. The molecule has 1 heterocycles. The number of alkyl halides is 1. The smallest absolute Gasteiger partial charge is 0.151 e. The summed E-state index contributed by atoms with van der Waals surface area (Å²) in [6, 6.07) is 4.45. The van der Waals surface area contributed by atoms with Crippen LogP contribution in [0.25, 0.3) is 0 Å². The summed E-state index contributed by atoms with van der Waals surface area (Å²) < 4.78 is 0. The molecule has 4 heteroatoms. The Balaban J connectivity index is 2.10. The van der Waals surface area contributed by atoms with Gasteiger partial charge in [0.25, 0.3) is 0 Å². The maximum Gasteiger partial charge on any atom is 0.151 e. The topological polar surface area (TPSA) is 29.0 Å². The molecule has 0 saturated heterocycles. The monoisotopic (exact) mass is 239 g/mol. The van der Waals surface area contributed by atoms with E-state index in [2.05, 4.69) is 28.9 Å². The first kappa shape index (κ1) is 11.6. The van der Waals surface area contributed by atoms with E-state index in [1.54, 1.807) is 0 Å². The molecule has 88 valence electrons. The van der Waals surface area contributed by atoms with Crippen molar-refractivity contribution in [1.29, 1.82) is 0 Å². The quantitative estimate of drug-likeness (QED) is 0.740. The predicted octanol–water partition coefficient (Wildman–Crippen LogP) is 2.84. The van der Waals surface area contributed by atoms with Crippen LogP contribution in [0, 0.1) is 5.92 Å². The highest BCUT2D eigenvalue weighted by atomic mass is 35.5. The van der Waals surface area contributed by atoms with E-state index in [9.17, 15) is 0 Å². The van der Waals surface area contributed by atoms with Crippen LogP contribution in [0.5, 0.6) is 0 Å². The molecular formula is C12H18ClN3. The van der Waals surface area contributed by atoms with Gasteiger partial charge in [0, 0.05) is 12.6 Å². The van der Waals surface area contributed by atoms with Gasteiger partial charge in [0.2, 0.25) is 0 Å². The van der Waals surface area contributed by atoms with Gasteiger partial charge in [-0.15, -0.1) is 16.7 Å². The molecule has 1 saturated carbocycles. The second kappa shape index (κ2) is 5.00. The van der Waals surface area contributed by atoms with Crippen LogP contribution in [0.3, 0.4) is 0 Å². The lowest BCUT2D eigenvalue weighted by atomic mass is 10.2. The third-order valence-electron chi connectivity index (χ3n) is 2.91. The molecule has 0 aliphatic heterocycles. The van der Waals surface area contributed by atoms with Crippen molar-refractivity contribution in [2.75, 3.05) is 11.4 Å². The summed E-state index contributed by atoms with van der Waals surface area (Å²) >= 11 is 5.70. The van der Waals surface area contributed by atoms with E-state index in [4.69, 9.17) is 11.6 Å². The van der Waals surface area contributed by atoms with Crippen LogP contribution in [0.4, 0.5) is 5.82 Å². The van der Waals surface area contributed by atoms with Crippen molar-refractivity contribution in [3.8, 4) is 0 Å². The molecule has 0 unspecified atom stereocenters. The zero-order chi connectivity index (χ0) is 11.5. The molecular weight excluding hydrogens is 222 g/mol. The number of anilines is 1. The Morgan fingerprint density at radius 2 is 2.12 bits per heavy atom. The lowest BCUT2D eigenvalue weighted by molar-refractivity contribution is 0.631. The van der Waals surface area contributed by atoms with Crippen molar-refractivity contribution >= 4 is 17.4 Å². The van der Waals surface area contributed by atoms with Crippen molar-refractivity contribution < 1.29 is 0 Å². The minimum atomic E-state index is 0.428. The zero-order valence-corrected chi connectivity index (χ0v) is 10.6. The summed E-state index contributed by atoms with van der Waals surface area (Å²) in [4.78, 5) is 2.32. The second-order valence-electron chi connectivity index (χ2n) is 4.71. The Morgan fingerprint density at radius 3 is 2.56 bits per heavy atom. The minimum Gasteiger partial charge on any atom is -0.352 e. The van der Waals surface area contributed by atoms with Gasteiger partial charge in [-0.05, 0) is 44.7 Å². The predicted molar refractivity (Wildman–Crippen MR) is 66.8 cm³/mol. The molecule has 16 heavy (non-hydrogen) atoms. The molecule has 0 aromatic carbocycles. The van der Waals surface area contributed by atoms with Crippen LogP contribution in [-0.2, 0) is 5.88 Å². The van der Waals surface area contributed by atoms with Crippen LogP contribution >= 0.6 is 11.6 Å². The van der Waals surface area contributed by atoms with Gasteiger partial charge in [-0.25, -0.2) is 0 Å². The highest BCUT2D eigenvalue weighted by Crippen LogP contribution is 2.31. The molecule has 0 atom stereocenters. The summed E-state index contributed by atoms with van der Waals surface area (Å²) in [5.74, 6) is 2.25.